The van der Waals surface area contributed by atoms with Gasteiger partial charge in [0.25, 0.3) is 5.56 Å². The van der Waals surface area contributed by atoms with Crippen molar-refractivity contribution in [2.24, 2.45) is 25.9 Å². The lowest BCUT2D eigenvalue weighted by Gasteiger charge is -2.34. The minimum Gasteiger partial charge on any atom is -0.321 e. The first-order chi connectivity index (χ1) is 13.8. The van der Waals surface area contributed by atoms with E-state index in [-0.39, 0.29) is 11.2 Å². The number of hydrogen-bond donors (Lipinski definition) is 0. The molecule has 0 amide bonds. The molecule has 7 nitrogen and oxygen atoms in total. The summed E-state index contributed by atoms with van der Waals surface area (Å²) in [6.45, 7) is 10.4. The van der Waals surface area contributed by atoms with Crippen molar-refractivity contribution in [2.75, 3.05) is 13.1 Å². The molecule has 7 heteroatoms. The molecule has 0 radical (unpaired) electrons. The van der Waals surface area contributed by atoms with Gasteiger partial charge in [0, 0.05) is 33.7 Å². The number of hydrogen-bond acceptors (Lipinski definition) is 4. The first kappa shape index (κ1) is 21.8. The van der Waals surface area contributed by atoms with Gasteiger partial charge in [0.1, 0.15) is 5.82 Å². The molecule has 0 saturated carbocycles. The first-order valence-corrected chi connectivity index (χ1v) is 11.2. The molecule has 1 fully saturated rings. The summed E-state index contributed by atoms with van der Waals surface area (Å²) in [6.07, 6.45) is 7.12. The maximum absolute atomic E-state index is 12.9. The second-order valence-electron chi connectivity index (χ2n) is 9.11. The zero-order valence-corrected chi connectivity index (χ0v) is 18.8. The molecule has 2 aromatic heterocycles. The monoisotopic (exact) mass is 403 g/mol. The predicted molar refractivity (Wildman–Crippen MR) is 117 cm³/mol. The molecule has 1 aliphatic heterocycles. The standard InChI is InChI=1S/C22H37N5O2/c1-6-7-8-9-10-11-27-18(15-26-13-16(2)12-17(3)14-26)23-20-19(27)21(28)25(5)22(29)24(20)4/h16-17H,6-15H2,1-5H3/t16-,17-/m1/s1. The van der Waals surface area contributed by atoms with Crippen LogP contribution in [0.5, 0.6) is 0 Å². The minimum atomic E-state index is -0.318. The smallest absolute Gasteiger partial charge is 0.321 e. The van der Waals surface area contributed by atoms with Crippen molar-refractivity contribution in [3.05, 3.63) is 26.7 Å². The second kappa shape index (κ2) is 9.28. The third-order valence-corrected chi connectivity index (χ3v) is 6.22. The van der Waals surface area contributed by atoms with E-state index < -0.39 is 0 Å². The summed E-state index contributed by atoms with van der Waals surface area (Å²) in [6, 6.07) is 0. The summed E-state index contributed by atoms with van der Waals surface area (Å²) in [5.74, 6) is 2.25. The molecule has 3 rings (SSSR count). The molecule has 3 heterocycles. The molecule has 29 heavy (non-hydrogen) atoms. The maximum atomic E-state index is 12.9. The van der Waals surface area contributed by atoms with Crippen LogP contribution in [0, 0.1) is 11.8 Å². The van der Waals surface area contributed by atoms with Crippen molar-refractivity contribution in [2.45, 2.75) is 72.4 Å². The van der Waals surface area contributed by atoms with Gasteiger partial charge >= 0.3 is 5.69 Å². The number of aromatic nitrogens is 4. The van der Waals surface area contributed by atoms with Crippen LogP contribution in [0.15, 0.2) is 9.59 Å². The molecule has 2 aromatic rings. The molecule has 162 valence electrons. The highest BCUT2D eigenvalue weighted by molar-refractivity contribution is 5.71. The molecular weight excluding hydrogens is 366 g/mol. The normalized spacial score (nSPS) is 20.6. The Hall–Kier alpha value is -1.89. The zero-order valence-electron chi connectivity index (χ0n) is 18.8. The number of likely N-dealkylation sites (tertiary alicyclic amines) is 1. The lowest BCUT2D eigenvalue weighted by molar-refractivity contribution is 0.130. The maximum Gasteiger partial charge on any atom is 0.332 e. The topological polar surface area (TPSA) is 65.1 Å². The summed E-state index contributed by atoms with van der Waals surface area (Å²) in [4.78, 5) is 32.6. The van der Waals surface area contributed by atoms with E-state index in [1.165, 1.54) is 34.8 Å². The fourth-order valence-corrected chi connectivity index (χ4v) is 4.85. The van der Waals surface area contributed by atoms with Gasteiger partial charge in [-0.2, -0.15) is 0 Å². The average molecular weight is 404 g/mol. The summed E-state index contributed by atoms with van der Waals surface area (Å²) in [5.41, 5.74) is 0.524. The van der Waals surface area contributed by atoms with Crippen LogP contribution in [0.25, 0.3) is 11.2 Å². The quantitative estimate of drug-likeness (QED) is 0.636. The molecule has 1 saturated heterocycles. The Balaban J connectivity index is 1.97. The highest BCUT2D eigenvalue weighted by atomic mass is 16.2. The molecule has 1 aliphatic rings. The summed E-state index contributed by atoms with van der Waals surface area (Å²) < 4.78 is 4.80. The molecule has 0 N–H and O–H groups in total. The van der Waals surface area contributed by atoms with E-state index in [0.29, 0.717) is 23.0 Å². The number of unbranched alkanes of at least 4 members (excludes halogenated alkanes) is 4. The number of aryl methyl sites for hydroxylation is 2. The van der Waals surface area contributed by atoms with E-state index in [1.807, 2.05) is 0 Å². The first-order valence-electron chi connectivity index (χ1n) is 11.2. The second-order valence-corrected chi connectivity index (χ2v) is 9.11. The molecule has 0 unspecified atom stereocenters. The fourth-order valence-electron chi connectivity index (χ4n) is 4.85. The van der Waals surface area contributed by atoms with Gasteiger partial charge in [-0.05, 0) is 24.7 Å². The largest absolute Gasteiger partial charge is 0.332 e. The molecule has 0 aliphatic carbocycles. The summed E-state index contributed by atoms with van der Waals surface area (Å²) >= 11 is 0. The number of rotatable bonds is 8. The molecule has 0 bridgehead atoms. The lowest BCUT2D eigenvalue weighted by atomic mass is 9.92. The zero-order chi connectivity index (χ0) is 21.1. The van der Waals surface area contributed by atoms with Crippen LogP contribution in [0.1, 0.15) is 65.1 Å². The van der Waals surface area contributed by atoms with Crippen molar-refractivity contribution >= 4 is 11.2 Å². The van der Waals surface area contributed by atoms with E-state index in [1.54, 1.807) is 14.1 Å². The molecule has 0 aromatic carbocycles. The predicted octanol–water partition coefficient (Wildman–Crippen LogP) is 2.88. The third kappa shape index (κ3) is 4.65. The Morgan fingerprint density at radius 1 is 0.966 bits per heavy atom. The van der Waals surface area contributed by atoms with Crippen LogP contribution >= 0.6 is 0 Å². The number of imidazole rings is 1. The van der Waals surface area contributed by atoms with Crippen LogP contribution in [-0.4, -0.2) is 36.7 Å². The van der Waals surface area contributed by atoms with Gasteiger partial charge in [-0.1, -0.05) is 46.5 Å². The van der Waals surface area contributed by atoms with Gasteiger partial charge in [-0.15, -0.1) is 0 Å². The number of fused-ring (bicyclic) bond motifs is 1. The SMILES string of the molecule is CCCCCCCn1c(CN2C[C@H](C)C[C@@H](C)C2)nc2c1c(=O)n(C)c(=O)n2C. The summed E-state index contributed by atoms with van der Waals surface area (Å²) in [7, 11) is 3.26. The van der Waals surface area contributed by atoms with E-state index in [4.69, 9.17) is 4.98 Å². The average Bonchev–Trinajstić information content (AvgIpc) is 3.02. The number of nitrogens with zero attached hydrogens (tertiary/aromatic N) is 5. The Morgan fingerprint density at radius 3 is 2.28 bits per heavy atom. The van der Waals surface area contributed by atoms with Crippen LogP contribution in [-0.2, 0) is 27.2 Å². The van der Waals surface area contributed by atoms with Crippen molar-refractivity contribution < 1.29 is 0 Å². The van der Waals surface area contributed by atoms with E-state index in [2.05, 4.69) is 30.2 Å². The van der Waals surface area contributed by atoms with E-state index in [0.717, 1.165) is 44.8 Å². The van der Waals surface area contributed by atoms with Gasteiger partial charge in [0.15, 0.2) is 11.2 Å². The summed E-state index contributed by atoms with van der Waals surface area (Å²) in [5, 5.41) is 0. The fraction of sp³-hybridized carbons (Fsp3) is 0.773. The molecule has 0 spiro atoms. The van der Waals surface area contributed by atoms with Gasteiger partial charge in [-0.3, -0.25) is 18.8 Å². The van der Waals surface area contributed by atoms with Crippen LogP contribution < -0.4 is 11.2 Å². The van der Waals surface area contributed by atoms with E-state index in [9.17, 15) is 9.59 Å². The Bertz CT molecular complexity index is 945. The number of piperidine rings is 1. The van der Waals surface area contributed by atoms with Crippen molar-refractivity contribution in [1.29, 1.82) is 0 Å². The van der Waals surface area contributed by atoms with Crippen molar-refractivity contribution in [3.63, 3.8) is 0 Å². The van der Waals surface area contributed by atoms with Gasteiger partial charge in [0.05, 0.1) is 6.54 Å². The van der Waals surface area contributed by atoms with Crippen molar-refractivity contribution in [1.82, 2.24) is 23.6 Å². The van der Waals surface area contributed by atoms with Gasteiger partial charge < -0.3 is 4.57 Å². The molecular formula is C22H37N5O2. The minimum absolute atomic E-state index is 0.240. The molecule has 2 atom stereocenters. The lowest BCUT2D eigenvalue weighted by Crippen LogP contribution is -2.39. The van der Waals surface area contributed by atoms with Crippen molar-refractivity contribution in [3.8, 4) is 0 Å². The van der Waals surface area contributed by atoms with Gasteiger partial charge in [-0.25, -0.2) is 9.78 Å². The Labute approximate surface area is 173 Å². The third-order valence-electron chi connectivity index (χ3n) is 6.22. The highest BCUT2D eigenvalue weighted by Crippen LogP contribution is 2.23. The van der Waals surface area contributed by atoms with Crippen LogP contribution in [0.2, 0.25) is 0 Å². The Morgan fingerprint density at radius 2 is 1.62 bits per heavy atom. The van der Waals surface area contributed by atoms with Gasteiger partial charge in [0.2, 0.25) is 0 Å². The van der Waals surface area contributed by atoms with Crippen LogP contribution in [0.3, 0.4) is 0 Å². The Kier molecular flexibility index (Phi) is 6.98. The highest BCUT2D eigenvalue weighted by Gasteiger charge is 2.25. The van der Waals surface area contributed by atoms with E-state index >= 15 is 0 Å². The van der Waals surface area contributed by atoms with Crippen LogP contribution in [0.4, 0.5) is 0 Å².